The monoisotopic (exact) mass is 601 g/mol. The minimum absolute atomic E-state index is 0.173. The summed E-state index contributed by atoms with van der Waals surface area (Å²) in [7, 11) is 1.41. The number of rotatable bonds is 14. The number of amides is 3. The maximum absolute atomic E-state index is 13.5. The van der Waals surface area contributed by atoms with Crippen molar-refractivity contribution in [3.63, 3.8) is 0 Å². The second-order valence-corrected chi connectivity index (χ2v) is 10.4. The molecule has 0 saturated carbocycles. The lowest BCUT2D eigenvalue weighted by Crippen LogP contribution is -2.54. The Balaban J connectivity index is 1.70. The first-order chi connectivity index (χ1) is 20.6. The molecule has 0 radical (unpaired) electrons. The van der Waals surface area contributed by atoms with E-state index in [1.165, 1.54) is 16.8 Å². The van der Waals surface area contributed by atoms with Crippen LogP contribution in [0.5, 0.6) is 0 Å². The first-order valence-electron chi connectivity index (χ1n) is 14.0. The van der Waals surface area contributed by atoms with Gasteiger partial charge in [0, 0.05) is 25.6 Å². The number of aliphatic hydroxyl groups is 5. The van der Waals surface area contributed by atoms with Crippen molar-refractivity contribution in [3.05, 3.63) is 71.8 Å². The van der Waals surface area contributed by atoms with E-state index in [9.17, 15) is 39.6 Å². The average molecular weight is 602 g/mol. The van der Waals surface area contributed by atoms with E-state index in [0.717, 1.165) is 5.56 Å². The quantitative estimate of drug-likeness (QED) is 0.138. The highest BCUT2D eigenvalue weighted by atomic mass is 16.6. The number of hydrogen-bond donors (Lipinski definition) is 6. The van der Waals surface area contributed by atoms with Gasteiger partial charge in [0.15, 0.2) is 6.10 Å². The molecular formula is C30H39N3O10. The molecule has 2 aromatic carbocycles. The Morgan fingerprint density at radius 1 is 0.953 bits per heavy atom. The molecule has 13 heteroatoms. The van der Waals surface area contributed by atoms with Gasteiger partial charge >= 0.3 is 5.97 Å². The number of hydrogen-bond acceptors (Lipinski definition) is 10. The normalized spacial score (nSPS) is 18.2. The van der Waals surface area contributed by atoms with Gasteiger partial charge < -0.3 is 45.4 Å². The second-order valence-electron chi connectivity index (χ2n) is 10.4. The van der Waals surface area contributed by atoms with Gasteiger partial charge in [-0.25, -0.2) is 4.79 Å². The molecule has 1 aliphatic rings. The Labute approximate surface area is 249 Å². The first-order valence-corrected chi connectivity index (χ1v) is 14.0. The van der Waals surface area contributed by atoms with Gasteiger partial charge in [-0.2, -0.15) is 0 Å². The van der Waals surface area contributed by atoms with E-state index in [1.807, 2.05) is 30.3 Å². The van der Waals surface area contributed by atoms with Gasteiger partial charge in [-0.15, -0.1) is 0 Å². The van der Waals surface area contributed by atoms with Crippen molar-refractivity contribution in [2.75, 3.05) is 33.4 Å². The molecule has 0 bridgehead atoms. The third-order valence-electron chi connectivity index (χ3n) is 7.25. The molecule has 3 rings (SSSR count). The number of carbonyl (C=O) groups is 4. The third-order valence-corrected chi connectivity index (χ3v) is 7.25. The van der Waals surface area contributed by atoms with Crippen LogP contribution < -0.4 is 5.32 Å². The molecule has 1 fully saturated rings. The second kappa shape index (κ2) is 16.1. The van der Waals surface area contributed by atoms with Gasteiger partial charge in [0.1, 0.15) is 30.4 Å². The number of carbonyl (C=O) groups excluding carboxylic acids is 4. The Bertz CT molecular complexity index is 1220. The van der Waals surface area contributed by atoms with E-state index in [-0.39, 0.29) is 19.4 Å². The van der Waals surface area contributed by atoms with Crippen LogP contribution in [0.1, 0.15) is 28.8 Å². The van der Waals surface area contributed by atoms with Crippen LogP contribution in [0.25, 0.3) is 0 Å². The molecule has 3 amide bonds. The van der Waals surface area contributed by atoms with Gasteiger partial charge in [0.05, 0.1) is 19.8 Å². The zero-order valence-corrected chi connectivity index (χ0v) is 23.9. The summed E-state index contributed by atoms with van der Waals surface area (Å²) in [6.07, 6.45) is -6.39. The van der Waals surface area contributed by atoms with Crippen LogP contribution in [0.4, 0.5) is 0 Å². The Morgan fingerprint density at radius 2 is 1.56 bits per heavy atom. The molecule has 13 nitrogen and oxygen atoms in total. The maximum atomic E-state index is 13.5. The minimum Gasteiger partial charge on any atom is -0.455 e. The number of likely N-dealkylation sites (tertiary alicyclic amines) is 1. The van der Waals surface area contributed by atoms with Crippen molar-refractivity contribution in [3.8, 4) is 0 Å². The number of nitrogens with one attached hydrogen (secondary N) is 1. The van der Waals surface area contributed by atoms with Gasteiger partial charge in [0.25, 0.3) is 5.91 Å². The summed E-state index contributed by atoms with van der Waals surface area (Å²) in [6.45, 7) is -2.03. The number of benzene rings is 2. The highest BCUT2D eigenvalue weighted by Gasteiger charge is 2.41. The third kappa shape index (κ3) is 9.05. The summed E-state index contributed by atoms with van der Waals surface area (Å²) in [6, 6.07) is 15.4. The Hall–Kier alpha value is -3.88. The molecular weight excluding hydrogens is 562 g/mol. The molecule has 1 saturated heterocycles. The fourth-order valence-corrected chi connectivity index (χ4v) is 4.85. The molecule has 234 valence electrons. The van der Waals surface area contributed by atoms with Crippen LogP contribution in [0.3, 0.4) is 0 Å². The molecule has 6 atom stereocenters. The molecule has 0 unspecified atom stereocenters. The Morgan fingerprint density at radius 3 is 2.16 bits per heavy atom. The number of likely N-dealkylation sites (N-methyl/N-ethyl adjacent to an activating group) is 1. The van der Waals surface area contributed by atoms with Crippen LogP contribution in [-0.2, 0) is 25.5 Å². The predicted octanol–water partition coefficient (Wildman–Crippen LogP) is -1.54. The minimum atomic E-state index is -1.90. The molecule has 43 heavy (non-hydrogen) atoms. The predicted molar refractivity (Wildman–Crippen MR) is 152 cm³/mol. The number of aliphatic hydroxyl groups excluding tert-OH is 5. The molecule has 2 aromatic rings. The zero-order valence-electron chi connectivity index (χ0n) is 23.9. The van der Waals surface area contributed by atoms with Crippen LogP contribution >= 0.6 is 0 Å². The van der Waals surface area contributed by atoms with E-state index in [0.29, 0.717) is 12.0 Å². The molecule has 0 spiro atoms. The van der Waals surface area contributed by atoms with E-state index in [2.05, 4.69) is 5.32 Å². The largest absolute Gasteiger partial charge is 0.455 e. The first kappa shape index (κ1) is 33.6. The SMILES string of the molecule is CN(CC(=O)N1CCC[C@H]1C(=O)O[C@H]([C@H](O)[C@H](O)CO)[C@H](O)CO)C(=O)[C@@H](Cc1ccccc1)NC(=O)c1ccccc1. The van der Waals surface area contributed by atoms with Gasteiger partial charge in [0.2, 0.25) is 11.8 Å². The fraction of sp³-hybridized carbons (Fsp3) is 0.467. The van der Waals surface area contributed by atoms with Crippen molar-refractivity contribution >= 4 is 23.7 Å². The summed E-state index contributed by atoms with van der Waals surface area (Å²) in [5, 5.41) is 51.2. The molecule has 6 N–H and O–H groups in total. The zero-order chi connectivity index (χ0) is 31.5. The van der Waals surface area contributed by atoms with Crippen molar-refractivity contribution in [1.29, 1.82) is 0 Å². The van der Waals surface area contributed by atoms with Crippen molar-refractivity contribution in [1.82, 2.24) is 15.1 Å². The highest BCUT2D eigenvalue weighted by molar-refractivity contribution is 5.98. The smallest absolute Gasteiger partial charge is 0.329 e. The lowest BCUT2D eigenvalue weighted by atomic mass is 10.0. The molecule has 1 heterocycles. The fourth-order valence-electron chi connectivity index (χ4n) is 4.85. The highest BCUT2D eigenvalue weighted by Crippen LogP contribution is 2.21. The van der Waals surface area contributed by atoms with Crippen LogP contribution in [0.2, 0.25) is 0 Å². The van der Waals surface area contributed by atoms with E-state index >= 15 is 0 Å². The number of nitrogens with zero attached hydrogens (tertiary/aromatic N) is 2. The summed E-state index contributed by atoms with van der Waals surface area (Å²) in [4.78, 5) is 55.1. The van der Waals surface area contributed by atoms with E-state index in [1.54, 1.807) is 30.3 Å². The van der Waals surface area contributed by atoms with Gasteiger partial charge in [-0.3, -0.25) is 14.4 Å². The van der Waals surface area contributed by atoms with E-state index in [4.69, 9.17) is 9.84 Å². The number of esters is 1. The molecule has 1 aliphatic heterocycles. The lowest BCUT2D eigenvalue weighted by Gasteiger charge is -2.32. The summed E-state index contributed by atoms with van der Waals surface area (Å²) in [5.41, 5.74) is 1.16. The lowest BCUT2D eigenvalue weighted by molar-refractivity contribution is -0.182. The van der Waals surface area contributed by atoms with Crippen molar-refractivity contribution in [2.45, 2.75) is 55.8 Å². The molecule has 0 aromatic heterocycles. The topological polar surface area (TPSA) is 197 Å². The van der Waals surface area contributed by atoms with Crippen LogP contribution in [0.15, 0.2) is 60.7 Å². The van der Waals surface area contributed by atoms with Gasteiger partial charge in [-0.1, -0.05) is 48.5 Å². The molecule has 0 aliphatic carbocycles. The van der Waals surface area contributed by atoms with Gasteiger partial charge in [-0.05, 0) is 30.5 Å². The summed E-state index contributed by atoms with van der Waals surface area (Å²) in [5.74, 6) is -2.53. The standard InChI is InChI=1S/C30H39N3O10/c1-32(29(41)21(15-19-9-4-2-5-10-19)31-28(40)20-11-6-3-7-12-20)16-25(38)33-14-8-13-22(33)30(42)43-27(24(37)18-35)26(39)23(36)17-34/h2-7,9-12,21-24,26-27,34-37,39H,8,13-18H2,1H3,(H,31,40)/t21-,22+,23-,24-,26-,27+/m1/s1. The summed E-state index contributed by atoms with van der Waals surface area (Å²) >= 11 is 0. The van der Waals surface area contributed by atoms with Crippen molar-refractivity contribution in [2.24, 2.45) is 0 Å². The van der Waals surface area contributed by atoms with Crippen molar-refractivity contribution < 1.29 is 49.4 Å². The number of ether oxygens (including phenoxy) is 1. The Kier molecular flexibility index (Phi) is 12.6. The van der Waals surface area contributed by atoms with Crippen LogP contribution in [0, 0.1) is 0 Å². The maximum Gasteiger partial charge on any atom is 0.329 e. The van der Waals surface area contributed by atoms with E-state index < -0.39 is 79.9 Å². The van der Waals surface area contributed by atoms with Crippen LogP contribution in [-0.4, -0.2) is 129 Å². The average Bonchev–Trinajstić information content (AvgIpc) is 3.53. The summed E-state index contributed by atoms with van der Waals surface area (Å²) < 4.78 is 5.20.